The standard InChI is InChI=1S/C13H20ClN3O3/c1-8(17-12(18)20-13(2,3)4)7-19-11-10(15)5-9(14)6-16-11/h5-6,8H,7,15H2,1-4H3,(H,17,18)/t8-/m0/s1. The van der Waals surface area contributed by atoms with E-state index in [1.807, 2.05) is 0 Å². The number of rotatable bonds is 4. The summed E-state index contributed by atoms with van der Waals surface area (Å²) in [6.07, 6.45) is 0.949. The lowest BCUT2D eigenvalue weighted by Crippen LogP contribution is -2.40. The Morgan fingerprint density at radius 3 is 2.75 bits per heavy atom. The fourth-order valence-electron chi connectivity index (χ4n) is 1.32. The molecular weight excluding hydrogens is 282 g/mol. The number of amides is 1. The number of pyridine rings is 1. The van der Waals surface area contributed by atoms with Crippen LogP contribution in [-0.2, 0) is 4.74 Å². The monoisotopic (exact) mass is 301 g/mol. The minimum absolute atomic E-state index is 0.220. The SMILES string of the molecule is C[C@@H](COc1ncc(Cl)cc1N)NC(=O)OC(C)(C)C. The predicted octanol–water partition coefficient (Wildman–Crippen LogP) is 2.61. The van der Waals surface area contributed by atoms with E-state index in [1.54, 1.807) is 33.8 Å². The second kappa shape index (κ2) is 6.65. The minimum atomic E-state index is -0.535. The Hall–Kier alpha value is -1.69. The molecule has 0 aromatic carbocycles. The Morgan fingerprint density at radius 1 is 1.55 bits per heavy atom. The number of ether oxygens (including phenoxy) is 2. The van der Waals surface area contributed by atoms with Crippen LogP contribution in [0.5, 0.6) is 5.88 Å². The summed E-state index contributed by atoms with van der Waals surface area (Å²) >= 11 is 5.74. The summed E-state index contributed by atoms with van der Waals surface area (Å²) in [5.41, 5.74) is 5.52. The van der Waals surface area contributed by atoms with Crippen LogP contribution in [0.4, 0.5) is 10.5 Å². The molecule has 1 rings (SSSR count). The van der Waals surface area contributed by atoms with Crippen molar-refractivity contribution >= 4 is 23.4 Å². The molecule has 3 N–H and O–H groups in total. The van der Waals surface area contributed by atoms with E-state index in [4.69, 9.17) is 26.8 Å². The number of carbonyl (C=O) groups is 1. The number of halogens is 1. The quantitative estimate of drug-likeness (QED) is 0.892. The summed E-state index contributed by atoms with van der Waals surface area (Å²) < 4.78 is 10.6. The minimum Gasteiger partial charge on any atom is -0.474 e. The molecule has 1 heterocycles. The summed E-state index contributed by atoms with van der Waals surface area (Å²) in [4.78, 5) is 15.5. The molecule has 0 aliphatic heterocycles. The summed E-state index contributed by atoms with van der Waals surface area (Å²) in [5, 5.41) is 3.10. The molecule has 6 nitrogen and oxygen atoms in total. The number of nitrogens with two attached hydrogens (primary N) is 1. The lowest BCUT2D eigenvalue weighted by molar-refractivity contribution is 0.0493. The van der Waals surface area contributed by atoms with Gasteiger partial charge in [0.05, 0.1) is 16.8 Å². The van der Waals surface area contributed by atoms with Gasteiger partial charge in [-0.05, 0) is 33.8 Å². The molecule has 1 aromatic rings. The number of hydrogen-bond donors (Lipinski definition) is 2. The first-order valence-electron chi connectivity index (χ1n) is 6.20. The predicted molar refractivity (Wildman–Crippen MR) is 78.0 cm³/mol. The van der Waals surface area contributed by atoms with Gasteiger partial charge < -0.3 is 20.5 Å². The third kappa shape index (κ3) is 5.97. The third-order valence-corrected chi connectivity index (χ3v) is 2.29. The van der Waals surface area contributed by atoms with Gasteiger partial charge in [-0.25, -0.2) is 9.78 Å². The zero-order chi connectivity index (χ0) is 15.3. The fraction of sp³-hybridized carbons (Fsp3) is 0.538. The molecule has 7 heteroatoms. The van der Waals surface area contributed by atoms with Crippen LogP contribution in [0.3, 0.4) is 0 Å². The summed E-state index contributed by atoms with van der Waals surface area (Å²) in [7, 11) is 0. The molecule has 1 atom stereocenters. The number of nitrogens with one attached hydrogen (secondary N) is 1. The second-order valence-corrected chi connectivity index (χ2v) is 5.84. The topological polar surface area (TPSA) is 86.5 Å². The Kier molecular flexibility index (Phi) is 5.44. The highest BCUT2D eigenvalue weighted by Crippen LogP contribution is 2.21. The lowest BCUT2D eigenvalue weighted by Gasteiger charge is -2.22. The number of alkyl carbamates (subject to hydrolysis) is 1. The summed E-state index contributed by atoms with van der Waals surface area (Å²) in [6.45, 7) is 7.40. The summed E-state index contributed by atoms with van der Waals surface area (Å²) in [5.74, 6) is 0.284. The number of aromatic nitrogens is 1. The van der Waals surface area contributed by atoms with E-state index in [0.29, 0.717) is 10.7 Å². The maximum atomic E-state index is 11.5. The number of nitrogens with zero attached hydrogens (tertiary/aromatic N) is 1. The van der Waals surface area contributed by atoms with Crippen molar-refractivity contribution in [3.63, 3.8) is 0 Å². The molecule has 0 aliphatic rings. The van der Waals surface area contributed by atoms with Gasteiger partial charge in [-0.2, -0.15) is 0 Å². The van der Waals surface area contributed by atoms with E-state index in [-0.39, 0.29) is 18.5 Å². The number of nitrogen functional groups attached to an aromatic ring is 1. The van der Waals surface area contributed by atoms with Crippen molar-refractivity contribution in [3.05, 3.63) is 17.3 Å². The Morgan fingerprint density at radius 2 is 2.20 bits per heavy atom. The maximum Gasteiger partial charge on any atom is 0.407 e. The van der Waals surface area contributed by atoms with Crippen molar-refractivity contribution in [3.8, 4) is 5.88 Å². The zero-order valence-electron chi connectivity index (χ0n) is 12.1. The van der Waals surface area contributed by atoms with Gasteiger partial charge in [0.1, 0.15) is 12.2 Å². The van der Waals surface area contributed by atoms with Gasteiger partial charge in [0.2, 0.25) is 5.88 Å². The van der Waals surface area contributed by atoms with Crippen LogP contribution in [0, 0.1) is 0 Å². The van der Waals surface area contributed by atoms with Crippen LogP contribution in [0.1, 0.15) is 27.7 Å². The molecule has 112 valence electrons. The molecule has 0 radical (unpaired) electrons. The Balaban J connectivity index is 2.43. The number of anilines is 1. The molecule has 0 aliphatic carbocycles. The first-order valence-corrected chi connectivity index (χ1v) is 6.58. The second-order valence-electron chi connectivity index (χ2n) is 5.41. The van der Waals surface area contributed by atoms with Crippen molar-refractivity contribution < 1.29 is 14.3 Å². The van der Waals surface area contributed by atoms with Gasteiger partial charge in [0.25, 0.3) is 0 Å². The fourth-order valence-corrected chi connectivity index (χ4v) is 1.48. The van der Waals surface area contributed by atoms with E-state index in [1.165, 1.54) is 6.20 Å². The average Bonchev–Trinajstić information content (AvgIpc) is 2.24. The van der Waals surface area contributed by atoms with Crippen LogP contribution in [0.25, 0.3) is 0 Å². The average molecular weight is 302 g/mol. The third-order valence-electron chi connectivity index (χ3n) is 2.08. The van der Waals surface area contributed by atoms with Crippen LogP contribution >= 0.6 is 11.6 Å². The Bertz CT molecular complexity index is 474. The summed E-state index contributed by atoms with van der Waals surface area (Å²) in [6, 6.07) is 1.30. The van der Waals surface area contributed by atoms with Crippen LogP contribution < -0.4 is 15.8 Å². The highest BCUT2D eigenvalue weighted by atomic mass is 35.5. The molecule has 1 aromatic heterocycles. The maximum absolute atomic E-state index is 11.5. The van der Waals surface area contributed by atoms with Gasteiger partial charge in [0, 0.05) is 6.20 Å². The van der Waals surface area contributed by atoms with Gasteiger partial charge in [-0.1, -0.05) is 11.6 Å². The van der Waals surface area contributed by atoms with Crippen LogP contribution in [0.2, 0.25) is 5.02 Å². The van der Waals surface area contributed by atoms with Gasteiger partial charge in [-0.15, -0.1) is 0 Å². The molecule has 0 bridgehead atoms. The van der Waals surface area contributed by atoms with Gasteiger partial charge in [0.15, 0.2) is 0 Å². The largest absolute Gasteiger partial charge is 0.474 e. The van der Waals surface area contributed by atoms with Crippen LogP contribution in [0.15, 0.2) is 12.3 Å². The first-order chi connectivity index (χ1) is 9.17. The van der Waals surface area contributed by atoms with Gasteiger partial charge >= 0.3 is 6.09 Å². The van der Waals surface area contributed by atoms with Crippen molar-refractivity contribution in [1.82, 2.24) is 10.3 Å². The Labute approximate surface area is 123 Å². The molecule has 20 heavy (non-hydrogen) atoms. The number of hydrogen-bond acceptors (Lipinski definition) is 5. The van der Waals surface area contributed by atoms with Crippen LogP contribution in [-0.4, -0.2) is 29.3 Å². The van der Waals surface area contributed by atoms with E-state index < -0.39 is 11.7 Å². The first kappa shape index (κ1) is 16.4. The lowest BCUT2D eigenvalue weighted by atomic mass is 10.2. The van der Waals surface area contributed by atoms with E-state index in [0.717, 1.165) is 0 Å². The van der Waals surface area contributed by atoms with Crippen molar-refractivity contribution in [2.24, 2.45) is 0 Å². The molecular formula is C13H20ClN3O3. The van der Waals surface area contributed by atoms with E-state index in [2.05, 4.69) is 10.3 Å². The zero-order valence-corrected chi connectivity index (χ0v) is 12.8. The van der Waals surface area contributed by atoms with Crippen molar-refractivity contribution in [2.75, 3.05) is 12.3 Å². The molecule has 0 spiro atoms. The number of carbonyl (C=O) groups excluding carboxylic acids is 1. The van der Waals surface area contributed by atoms with E-state index in [9.17, 15) is 4.79 Å². The normalized spacial score (nSPS) is 12.7. The van der Waals surface area contributed by atoms with Crippen molar-refractivity contribution in [1.29, 1.82) is 0 Å². The highest BCUT2D eigenvalue weighted by Gasteiger charge is 2.18. The van der Waals surface area contributed by atoms with Crippen molar-refractivity contribution in [2.45, 2.75) is 39.3 Å². The highest BCUT2D eigenvalue weighted by molar-refractivity contribution is 6.30. The van der Waals surface area contributed by atoms with Gasteiger partial charge in [-0.3, -0.25) is 0 Å². The molecule has 0 saturated heterocycles. The smallest absolute Gasteiger partial charge is 0.407 e. The molecule has 1 amide bonds. The molecule has 0 unspecified atom stereocenters. The molecule has 0 fully saturated rings. The van der Waals surface area contributed by atoms with E-state index >= 15 is 0 Å². The molecule has 0 saturated carbocycles.